The zero-order chi connectivity index (χ0) is 10.8. The number of nitriles is 1. The van der Waals surface area contributed by atoms with Crippen molar-refractivity contribution in [2.45, 2.75) is 26.2 Å². The van der Waals surface area contributed by atoms with Crippen molar-refractivity contribution in [2.24, 2.45) is 0 Å². The van der Waals surface area contributed by atoms with Gasteiger partial charge in [0.2, 0.25) is 0 Å². The highest BCUT2D eigenvalue weighted by Crippen LogP contribution is 2.28. The van der Waals surface area contributed by atoms with Crippen LogP contribution in [-0.4, -0.2) is 0 Å². The van der Waals surface area contributed by atoms with Crippen molar-refractivity contribution in [3.8, 4) is 6.07 Å². The molecule has 0 heterocycles. The molecule has 1 heteroatoms. The molecule has 0 aliphatic heterocycles. The number of benzene rings is 1. The minimum absolute atomic E-state index is 0.0520. The minimum Gasteiger partial charge on any atom is -0.192 e. The molecule has 1 rings (SSSR count). The second-order valence-corrected chi connectivity index (χ2v) is 4.39. The van der Waals surface area contributed by atoms with Gasteiger partial charge in [0.25, 0.3) is 0 Å². The molecule has 1 aromatic rings. The molecule has 0 bridgehead atoms. The van der Waals surface area contributed by atoms with Crippen LogP contribution in [0.3, 0.4) is 0 Å². The first kappa shape index (κ1) is 10.5. The van der Waals surface area contributed by atoms with Crippen LogP contribution in [0.1, 0.15) is 31.9 Å². The summed E-state index contributed by atoms with van der Waals surface area (Å²) in [6.07, 6.45) is 0. The van der Waals surface area contributed by atoms with Crippen LogP contribution in [0.4, 0.5) is 0 Å². The third-order valence-corrected chi connectivity index (χ3v) is 2.20. The SMILES string of the molecule is C=C(C#N)c1ccccc1C(C)(C)C. The lowest BCUT2D eigenvalue weighted by Gasteiger charge is -2.22. The molecule has 1 nitrogen and oxygen atoms in total. The highest BCUT2D eigenvalue weighted by atomic mass is 14.3. The molecule has 0 N–H and O–H groups in total. The van der Waals surface area contributed by atoms with Gasteiger partial charge in [0.1, 0.15) is 0 Å². The van der Waals surface area contributed by atoms with Gasteiger partial charge in [-0.1, -0.05) is 51.6 Å². The van der Waals surface area contributed by atoms with E-state index in [-0.39, 0.29) is 5.41 Å². The van der Waals surface area contributed by atoms with E-state index in [2.05, 4.69) is 39.5 Å². The number of hydrogen-bond acceptors (Lipinski definition) is 1. The Kier molecular flexibility index (Phi) is 2.76. The number of hydrogen-bond donors (Lipinski definition) is 0. The maximum absolute atomic E-state index is 8.83. The van der Waals surface area contributed by atoms with E-state index < -0.39 is 0 Å². The van der Waals surface area contributed by atoms with Gasteiger partial charge >= 0.3 is 0 Å². The molecular weight excluding hydrogens is 170 g/mol. The Morgan fingerprint density at radius 3 is 2.36 bits per heavy atom. The van der Waals surface area contributed by atoms with Gasteiger partial charge < -0.3 is 0 Å². The second-order valence-electron chi connectivity index (χ2n) is 4.39. The van der Waals surface area contributed by atoms with Crippen LogP contribution in [0.15, 0.2) is 30.8 Å². The maximum atomic E-state index is 8.83. The van der Waals surface area contributed by atoms with Crippen LogP contribution in [-0.2, 0) is 5.41 Å². The van der Waals surface area contributed by atoms with Crippen molar-refractivity contribution in [3.05, 3.63) is 42.0 Å². The zero-order valence-electron chi connectivity index (χ0n) is 8.96. The fourth-order valence-corrected chi connectivity index (χ4v) is 1.46. The van der Waals surface area contributed by atoms with Gasteiger partial charge in [-0.05, 0) is 16.5 Å². The Bertz CT molecular complexity index is 388. The summed E-state index contributed by atoms with van der Waals surface area (Å²) in [7, 11) is 0. The number of nitrogens with zero attached hydrogens (tertiary/aromatic N) is 1. The Balaban J connectivity index is 3.32. The Morgan fingerprint density at radius 2 is 1.86 bits per heavy atom. The van der Waals surface area contributed by atoms with Gasteiger partial charge in [0.05, 0.1) is 11.6 Å². The van der Waals surface area contributed by atoms with E-state index in [0.29, 0.717) is 5.57 Å². The summed E-state index contributed by atoms with van der Waals surface area (Å²) < 4.78 is 0. The normalized spacial score (nSPS) is 10.7. The van der Waals surface area contributed by atoms with E-state index in [1.807, 2.05) is 18.2 Å². The Labute approximate surface area is 85.7 Å². The molecular formula is C13H15N. The van der Waals surface area contributed by atoms with Gasteiger partial charge in [-0.3, -0.25) is 0 Å². The van der Waals surface area contributed by atoms with Crippen molar-refractivity contribution in [1.29, 1.82) is 5.26 Å². The van der Waals surface area contributed by atoms with Gasteiger partial charge in [-0.25, -0.2) is 0 Å². The molecule has 0 amide bonds. The summed E-state index contributed by atoms with van der Waals surface area (Å²) in [5.74, 6) is 0. The van der Waals surface area contributed by atoms with Gasteiger partial charge in [0.15, 0.2) is 0 Å². The first-order valence-corrected chi connectivity index (χ1v) is 4.65. The number of rotatable bonds is 1. The molecule has 14 heavy (non-hydrogen) atoms. The predicted molar refractivity (Wildman–Crippen MR) is 59.8 cm³/mol. The average molecular weight is 185 g/mol. The molecule has 0 fully saturated rings. The van der Waals surface area contributed by atoms with E-state index in [1.165, 1.54) is 5.56 Å². The molecule has 0 aliphatic rings. The van der Waals surface area contributed by atoms with Crippen LogP contribution in [0.2, 0.25) is 0 Å². The van der Waals surface area contributed by atoms with E-state index in [9.17, 15) is 0 Å². The minimum atomic E-state index is 0.0520. The topological polar surface area (TPSA) is 23.8 Å². The molecule has 72 valence electrons. The Morgan fingerprint density at radius 1 is 1.29 bits per heavy atom. The predicted octanol–water partition coefficient (Wildman–Crippen LogP) is 3.52. The standard InChI is InChI=1S/C13H15N/c1-10(9-14)11-7-5-6-8-12(11)13(2,3)4/h5-8H,1H2,2-4H3. The molecule has 0 spiro atoms. The van der Waals surface area contributed by atoms with Crippen LogP contribution in [0, 0.1) is 11.3 Å². The van der Waals surface area contributed by atoms with Crippen LogP contribution < -0.4 is 0 Å². The molecule has 0 saturated heterocycles. The molecule has 0 aromatic heterocycles. The molecule has 0 atom stereocenters. The molecule has 0 radical (unpaired) electrons. The monoisotopic (exact) mass is 185 g/mol. The zero-order valence-corrected chi connectivity index (χ0v) is 8.96. The van der Waals surface area contributed by atoms with Crippen molar-refractivity contribution in [3.63, 3.8) is 0 Å². The first-order chi connectivity index (χ1) is 6.46. The summed E-state index contributed by atoms with van der Waals surface area (Å²) in [5.41, 5.74) is 2.72. The van der Waals surface area contributed by atoms with Crippen LogP contribution >= 0.6 is 0 Å². The molecule has 1 aromatic carbocycles. The Hall–Kier alpha value is -1.55. The van der Waals surface area contributed by atoms with Gasteiger partial charge in [-0.15, -0.1) is 0 Å². The summed E-state index contributed by atoms with van der Waals surface area (Å²) in [6, 6.07) is 10.0. The van der Waals surface area contributed by atoms with Crippen LogP contribution in [0.25, 0.3) is 5.57 Å². The van der Waals surface area contributed by atoms with E-state index >= 15 is 0 Å². The molecule has 0 unspecified atom stereocenters. The average Bonchev–Trinajstić information content (AvgIpc) is 2.15. The highest BCUT2D eigenvalue weighted by Gasteiger charge is 2.18. The van der Waals surface area contributed by atoms with E-state index in [0.717, 1.165) is 5.56 Å². The summed E-state index contributed by atoms with van der Waals surface area (Å²) in [4.78, 5) is 0. The lowest BCUT2D eigenvalue weighted by molar-refractivity contribution is 0.589. The third kappa shape index (κ3) is 2.03. The van der Waals surface area contributed by atoms with Crippen molar-refractivity contribution in [2.75, 3.05) is 0 Å². The lowest BCUT2D eigenvalue weighted by atomic mass is 9.82. The van der Waals surface area contributed by atoms with E-state index in [1.54, 1.807) is 0 Å². The quantitative estimate of drug-likeness (QED) is 0.614. The summed E-state index contributed by atoms with van der Waals surface area (Å²) in [5, 5.41) is 8.83. The van der Waals surface area contributed by atoms with Crippen molar-refractivity contribution < 1.29 is 0 Å². The second kappa shape index (κ2) is 3.67. The van der Waals surface area contributed by atoms with E-state index in [4.69, 9.17) is 5.26 Å². The number of allylic oxidation sites excluding steroid dienone is 1. The van der Waals surface area contributed by atoms with Gasteiger partial charge in [-0.2, -0.15) is 5.26 Å². The largest absolute Gasteiger partial charge is 0.192 e. The van der Waals surface area contributed by atoms with Gasteiger partial charge in [0, 0.05) is 0 Å². The molecule has 0 aliphatic carbocycles. The third-order valence-electron chi connectivity index (χ3n) is 2.20. The summed E-state index contributed by atoms with van der Waals surface area (Å²) in [6.45, 7) is 10.2. The smallest absolute Gasteiger partial charge is 0.0991 e. The highest BCUT2D eigenvalue weighted by molar-refractivity contribution is 5.77. The van der Waals surface area contributed by atoms with Crippen molar-refractivity contribution >= 4 is 5.57 Å². The maximum Gasteiger partial charge on any atom is 0.0991 e. The molecule has 0 saturated carbocycles. The fourth-order valence-electron chi connectivity index (χ4n) is 1.46. The van der Waals surface area contributed by atoms with Crippen molar-refractivity contribution in [1.82, 2.24) is 0 Å². The van der Waals surface area contributed by atoms with Crippen LogP contribution in [0.5, 0.6) is 0 Å². The first-order valence-electron chi connectivity index (χ1n) is 4.65. The lowest BCUT2D eigenvalue weighted by Crippen LogP contribution is -2.13. The summed E-state index contributed by atoms with van der Waals surface area (Å²) >= 11 is 0. The fraction of sp³-hybridized carbons (Fsp3) is 0.308.